The SMILES string of the molecule is CC(=O)c1ccc(-n2c(N)c3c(cc2=O)C(=O)NC3=O)cc1. The maximum absolute atomic E-state index is 12.2. The Morgan fingerprint density at radius 3 is 2.32 bits per heavy atom. The molecule has 22 heavy (non-hydrogen) atoms. The first kappa shape index (κ1) is 13.7. The highest BCUT2D eigenvalue weighted by atomic mass is 16.2. The highest BCUT2D eigenvalue weighted by Crippen LogP contribution is 2.22. The van der Waals surface area contributed by atoms with Crippen LogP contribution >= 0.6 is 0 Å². The van der Waals surface area contributed by atoms with E-state index in [4.69, 9.17) is 5.73 Å². The minimum atomic E-state index is -0.636. The van der Waals surface area contributed by atoms with Gasteiger partial charge in [-0.25, -0.2) is 0 Å². The molecule has 2 amide bonds. The fourth-order valence-corrected chi connectivity index (χ4v) is 2.39. The molecule has 0 spiro atoms. The molecule has 0 aliphatic carbocycles. The van der Waals surface area contributed by atoms with Crippen molar-refractivity contribution in [1.29, 1.82) is 0 Å². The Morgan fingerprint density at radius 2 is 1.73 bits per heavy atom. The lowest BCUT2D eigenvalue weighted by atomic mass is 10.1. The minimum Gasteiger partial charge on any atom is -0.384 e. The van der Waals surface area contributed by atoms with Gasteiger partial charge in [-0.15, -0.1) is 0 Å². The number of nitrogens with two attached hydrogens (primary N) is 1. The first-order valence-corrected chi connectivity index (χ1v) is 6.42. The molecule has 7 nitrogen and oxygen atoms in total. The maximum atomic E-state index is 12.2. The number of hydrogen-bond donors (Lipinski definition) is 2. The number of ketones is 1. The predicted molar refractivity (Wildman–Crippen MR) is 78.3 cm³/mol. The fraction of sp³-hybridized carbons (Fsp3) is 0.0667. The molecule has 0 unspecified atom stereocenters. The van der Waals surface area contributed by atoms with E-state index in [1.807, 2.05) is 0 Å². The van der Waals surface area contributed by atoms with Crippen LogP contribution in [0.25, 0.3) is 5.69 Å². The van der Waals surface area contributed by atoms with Gasteiger partial charge in [0.1, 0.15) is 5.82 Å². The molecule has 2 heterocycles. The third-order valence-electron chi connectivity index (χ3n) is 3.49. The average molecular weight is 297 g/mol. The number of hydrogen-bond acceptors (Lipinski definition) is 5. The van der Waals surface area contributed by atoms with Crippen LogP contribution in [0.15, 0.2) is 35.1 Å². The largest absolute Gasteiger partial charge is 0.384 e. The smallest absolute Gasteiger partial charge is 0.262 e. The maximum Gasteiger partial charge on any atom is 0.262 e. The van der Waals surface area contributed by atoms with E-state index in [0.29, 0.717) is 11.3 Å². The Labute approximate surface area is 124 Å². The number of benzene rings is 1. The van der Waals surface area contributed by atoms with Crippen molar-refractivity contribution in [1.82, 2.24) is 9.88 Å². The molecule has 3 rings (SSSR count). The van der Waals surface area contributed by atoms with Crippen LogP contribution in [-0.4, -0.2) is 22.2 Å². The summed E-state index contributed by atoms with van der Waals surface area (Å²) in [5.41, 5.74) is 6.23. The summed E-state index contributed by atoms with van der Waals surface area (Å²) in [7, 11) is 0. The van der Waals surface area contributed by atoms with Crippen molar-refractivity contribution in [3.63, 3.8) is 0 Å². The zero-order valence-electron chi connectivity index (χ0n) is 11.5. The lowest BCUT2D eigenvalue weighted by molar-refractivity contribution is 0.0879. The van der Waals surface area contributed by atoms with Crippen molar-refractivity contribution < 1.29 is 14.4 Å². The van der Waals surface area contributed by atoms with Gasteiger partial charge in [0.2, 0.25) is 0 Å². The molecule has 1 aromatic heterocycles. The number of nitrogens with one attached hydrogen (secondary N) is 1. The number of fused-ring (bicyclic) bond motifs is 1. The van der Waals surface area contributed by atoms with E-state index in [-0.39, 0.29) is 22.7 Å². The second kappa shape index (κ2) is 4.66. The van der Waals surface area contributed by atoms with Gasteiger partial charge in [0.05, 0.1) is 16.8 Å². The first-order chi connectivity index (χ1) is 10.4. The van der Waals surface area contributed by atoms with Crippen LogP contribution in [-0.2, 0) is 0 Å². The lowest BCUT2D eigenvalue weighted by Crippen LogP contribution is -2.24. The average Bonchev–Trinajstić information content (AvgIpc) is 2.74. The topological polar surface area (TPSA) is 111 Å². The summed E-state index contributed by atoms with van der Waals surface area (Å²) in [4.78, 5) is 46.8. The van der Waals surface area contributed by atoms with Gasteiger partial charge in [-0.3, -0.25) is 29.1 Å². The molecule has 2 aromatic rings. The van der Waals surface area contributed by atoms with Gasteiger partial charge in [-0.05, 0) is 31.2 Å². The van der Waals surface area contributed by atoms with Crippen molar-refractivity contribution >= 4 is 23.4 Å². The van der Waals surface area contributed by atoms with Crippen LogP contribution in [0.4, 0.5) is 5.82 Å². The van der Waals surface area contributed by atoms with E-state index >= 15 is 0 Å². The Hall–Kier alpha value is -3.22. The number of anilines is 1. The van der Waals surface area contributed by atoms with Gasteiger partial charge in [0, 0.05) is 11.6 Å². The van der Waals surface area contributed by atoms with Crippen LogP contribution < -0.4 is 16.6 Å². The lowest BCUT2D eigenvalue weighted by Gasteiger charge is -2.12. The van der Waals surface area contributed by atoms with Crippen LogP contribution in [0.1, 0.15) is 38.0 Å². The number of imide groups is 1. The highest BCUT2D eigenvalue weighted by Gasteiger charge is 2.31. The van der Waals surface area contributed by atoms with E-state index in [2.05, 4.69) is 5.32 Å². The zero-order chi connectivity index (χ0) is 16.0. The van der Waals surface area contributed by atoms with Crippen LogP contribution in [0.3, 0.4) is 0 Å². The van der Waals surface area contributed by atoms with Gasteiger partial charge >= 0.3 is 0 Å². The summed E-state index contributed by atoms with van der Waals surface area (Å²) in [6, 6.07) is 7.29. The molecule has 1 aliphatic rings. The molecule has 0 atom stereocenters. The Morgan fingerprint density at radius 1 is 1.09 bits per heavy atom. The van der Waals surface area contributed by atoms with Gasteiger partial charge < -0.3 is 5.73 Å². The third-order valence-corrected chi connectivity index (χ3v) is 3.49. The molecule has 0 saturated carbocycles. The number of nitrogen functional groups attached to an aromatic ring is 1. The summed E-state index contributed by atoms with van der Waals surface area (Å²) in [5, 5.41) is 2.10. The normalized spacial score (nSPS) is 13.0. The van der Waals surface area contributed by atoms with E-state index in [9.17, 15) is 19.2 Å². The second-order valence-electron chi connectivity index (χ2n) is 4.88. The van der Waals surface area contributed by atoms with Crippen molar-refractivity contribution in [2.24, 2.45) is 0 Å². The van der Waals surface area contributed by atoms with Gasteiger partial charge in [0.15, 0.2) is 5.78 Å². The summed E-state index contributed by atoms with van der Waals surface area (Å²) in [6.45, 7) is 1.43. The van der Waals surface area contributed by atoms with Crippen molar-refractivity contribution in [2.45, 2.75) is 6.92 Å². The van der Waals surface area contributed by atoms with Gasteiger partial charge in [-0.2, -0.15) is 0 Å². The molecule has 0 radical (unpaired) electrons. The molecule has 0 bridgehead atoms. The van der Waals surface area contributed by atoms with Gasteiger partial charge in [0.25, 0.3) is 17.4 Å². The summed E-state index contributed by atoms with van der Waals surface area (Å²) >= 11 is 0. The molecule has 0 saturated heterocycles. The molecule has 1 aromatic carbocycles. The third kappa shape index (κ3) is 1.91. The first-order valence-electron chi connectivity index (χ1n) is 6.42. The van der Waals surface area contributed by atoms with E-state index in [1.165, 1.54) is 6.92 Å². The molecular weight excluding hydrogens is 286 g/mol. The van der Waals surface area contributed by atoms with E-state index in [0.717, 1.165) is 10.6 Å². The van der Waals surface area contributed by atoms with E-state index < -0.39 is 17.4 Å². The number of rotatable bonds is 2. The van der Waals surface area contributed by atoms with E-state index in [1.54, 1.807) is 24.3 Å². The molecule has 110 valence electrons. The Balaban J connectivity index is 2.22. The number of pyridine rings is 1. The monoisotopic (exact) mass is 297 g/mol. The molecule has 3 N–H and O–H groups in total. The number of carbonyl (C=O) groups is 3. The van der Waals surface area contributed by atoms with Crippen molar-refractivity contribution in [3.05, 3.63) is 57.4 Å². The number of aromatic nitrogens is 1. The Bertz CT molecular complexity index is 894. The minimum absolute atomic E-state index is 0.0137. The number of carbonyl (C=O) groups excluding carboxylic acids is 3. The van der Waals surface area contributed by atoms with Crippen LogP contribution in [0.5, 0.6) is 0 Å². The molecular formula is C15H11N3O4. The highest BCUT2D eigenvalue weighted by molar-refractivity contribution is 6.23. The second-order valence-corrected chi connectivity index (χ2v) is 4.88. The van der Waals surface area contributed by atoms with Crippen LogP contribution in [0, 0.1) is 0 Å². The number of nitrogens with zero attached hydrogens (tertiary/aromatic N) is 1. The van der Waals surface area contributed by atoms with Gasteiger partial charge in [-0.1, -0.05) is 0 Å². The van der Waals surface area contributed by atoms with Crippen molar-refractivity contribution in [2.75, 3.05) is 5.73 Å². The summed E-state index contributed by atoms with van der Waals surface area (Å²) in [6.07, 6.45) is 0. The van der Waals surface area contributed by atoms with Crippen LogP contribution in [0.2, 0.25) is 0 Å². The quantitative estimate of drug-likeness (QED) is 0.619. The predicted octanol–water partition coefficient (Wildman–Crippen LogP) is 0.506. The summed E-state index contributed by atoms with van der Waals surface area (Å²) in [5.74, 6) is -1.48. The fourth-order valence-electron chi connectivity index (χ4n) is 2.39. The number of amides is 2. The standard InChI is InChI=1S/C15H11N3O4/c1-7(19)8-2-4-9(5-3-8)18-11(20)6-10-12(13(18)16)15(22)17-14(10)21/h2-6H,16H2,1H3,(H,17,21,22). The molecule has 7 heteroatoms. The number of Topliss-reactive ketones (excluding diaryl/α,β-unsaturated/α-hetero) is 1. The summed E-state index contributed by atoms with van der Waals surface area (Å²) < 4.78 is 1.13. The molecule has 1 aliphatic heterocycles. The zero-order valence-corrected chi connectivity index (χ0v) is 11.5. The Kier molecular flexibility index (Phi) is 2.91. The molecule has 0 fully saturated rings. The van der Waals surface area contributed by atoms with Crippen molar-refractivity contribution in [3.8, 4) is 5.69 Å².